The van der Waals surface area contributed by atoms with E-state index in [1.807, 2.05) is 6.92 Å². The normalized spacial score (nSPS) is 18.4. The molecule has 5 rings (SSSR count). The Hall–Kier alpha value is -3.31. The standard InChI is InChI=1S/C22H22ClF2N7O2/c1-10(3-4-34-2)28-21-19(25)18(23)17(12-6-27-31-20(12)21)14-8-32-9-15(29-16(32)7-26-14)30-22(33)11-5-13(11)24/h6-11,13,28H,3-5H2,1-2H3,(H,27,31)(H,30,33). The minimum absolute atomic E-state index is 0.0692. The van der Waals surface area contributed by atoms with E-state index in [-0.39, 0.29) is 29.0 Å². The third kappa shape index (κ3) is 4.05. The van der Waals surface area contributed by atoms with Gasteiger partial charge in [-0.1, -0.05) is 11.6 Å². The number of aromatic nitrogens is 5. The largest absolute Gasteiger partial charge is 0.385 e. The number of ether oxygens (including phenoxy) is 1. The highest BCUT2D eigenvalue weighted by molar-refractivity contribution is 6.35. The number of rotatable bonds is 8. The predicted octanol–water partition coefficient (Wildman–Crippen LogP) is 4.20. The van der Waals surface area contributed by atoms with Crippen LogP contribution in [0.15, 0.2) is 24.8 Å². The van der Waals surface area contributed by atoms with Crippen LogP contribution in [0.5, 0.6) is 0 Å². The molecular weight excluding hydrogens is 468 g/mol. The summed E-state index contributed by atoms with van der Waals surface area (Å²) in [4.78, 5) is 20.7. The Morgan fingerprint density at radius 1 is 1.41 bits per heavy atom. The Bertz CT molecular complexity index is 1390. The zero-order chi connectivity index (χ0) is 24.0. The topological polar surface area (TPSA) is 109 Å². The molecule has 3 unspecified atom stereocenters. The van der Waals surface area contributed by atoms with Crippen molar-refractivity contribution in [3.63, 3.8) is 0 Å². The lowest BCUT2D eigenvalue weighted by molar-refractivity contribution is -0.117. The van der Waals surface area contributed by atoms with Gasteiger partial charge in [0, 0.05) is 36.9 Å². The number of nitrogens with zero attached hydrogens (tertiary/aromatic N) is 4. The van der Waals surface area contributed by atoms with Gasteiger partial charge in [-0.15, -0.1) is 0 Å². The van der Waals surface area contributed by atoms with Crippen LogP contribution in [0.3, 0.4) is 0 Å². The third-order valence-corrected chi connectivity index (χ3v) is 6.19. The van der Waals surface area contributed by atoms with E-state index in [2.05, 4.69) is 30.8 Å². The number of fused-ring (bicyclic) bond motifs is 2. The fourth-order valence-corrected chi connectivity index (χ4v) is 4.15. The van der Waals surface area contributed by atoms with E-state index in [1.54, 1.807) is 30.1 Å². The maximum absolute atomic E-state index is 15.4. The van der Waals surface area contributed by atoms with Crippen LogP contribution >= 0.6 is 11.6 Å². The summed E-state index contributed by atoms with van der Waals surface area (Å²) in [5.74, 6) is -1.38. The first kappa shape index (κ1) is 22.5. The Kier molecular flexibility index (Phi) is 5.82. The average molecular weight is 490 g/mol. The summed E-state index contributed by atoms with van der Waals surface area (Å²) >= 11 is 6.50. The molecule has 0 spiro atoms. The fourth-order valence-electron chi connectivity index (χ4n) is 3.86. The number of carbonyl (C=O) groups excluding carboxylic acids is 1. The molecule has 0 saturated heterocycles. The highest BCUT2D eigenvalue weighted by Crippen LogP contribution is 2.41. The lowest BCUT2D eigenvalue weighted by Crippen LogP contribution is -2.18. The van der Waals surface area contributed by atoms with Gasteiger partial charge < -0.3 is 19.8 Å². The number of alkyl halides is 1. The van der Waals surface area contributed by atoms with Gasteiger partial charge in [0.25, 0.3) is 0 Å². The Morgan fingerprint density at radius 3 is 2.94 bits per heavy atom. The van der Waals surface area contributed by atoms with Crippen LogP contribution in [0.4, 0.5) is 20.3 Å². The number of hydrogen-bond acceptors (Lipinski definition) is 6. The molecule has 1 amide bonds. The first-order chi connectivity index (χ1) is 16.4. The second-order valence-electron chi connectivity index (χ2n) is 8.38. The number of halogens is 3. The molecule has 0 aliphatic heterocycles. The average Bonchev–Trinajstić information content (AvgIpc) is 3.18. The van der Waals surface area contributed by atoms with Crippen molar-refractivity contribution in [2.45, 2.75) is 32.0 Å². The number of nitrogens with one attached hydrogen (secondary N) is 3. The highest BCUT2D eigenvalue weighted by atomic mass is 35.5. The number of methoxy groups -OCH3 is 1. The summed E-state index contributed by atoms with van der Waals surface area (Å²) in [5, 5.41) is 13.2. The lowest BCUT2D eigenvalue weighted by Gasteiger charge is -2.18. The number of imidazole rings is 1. The van der Waals surface area contributed by atoms with Crippen molar-refractivity contribution >= 4 is 45.6 Å². The minimum atomic E-state index is -1.10. The molecule has 3 N–H and O–H groups in total. The quantitative estimate of drug-likeness (QED) is 0.342. The molecule has 0 radical (unpaired) electrons. The molecule has 9 nitrogen and oxygen atoms in total. The molecule has 0 bridgehead atoms. The van der Waals surface area contributed by atoms with Gasteiger partial charge in [-0.05, 0) is 19.8 Å². The van der Waals surface area contributed by atoms with Crippen LogP contribution in [0.1, 0.15) is 19.8 Å². The number of H-pyrrole nitrogens is 1. The van der Waals surface area contributed by atoms with Crippen LogP contribution in [0.2, 0.25) is 5.02 Å². The SMILES string of the molecule is COCCC(C)Nc1c(F)c(Cl)c(-c2cn3cc(NC(=O)C4CC4F)nc3cn2)c2cn[nH]c12. The van der Waals surface area contributed by atoms with E-state index in [0.717, 1.165) is 0 Å². The maximum Gasteiger partial charge on any atom is 0.231 e. The molecule has 1 aromatic carbocycles. The molecule has 1 fully saturated rings. The Labute approximate surface area is 197 Å². The molecule has 1 saturated carbocycles. The molecule has 4 aromatic rings. The number of anilines is 2. The molecule has 178 valence electrons. The van der Waals surface area contributed by atoms with E-state index in [1.165, 1.54) is 6.20 Å². The third-order valence-electron chi connectivity index (χ3n) is 5.83. The zero-order valence-corrected chi connectivity index (χ0v) is 19.2. The second-order valence-corrected chi connectivity index (χ2v) is 8.75. The van der Waals surface area contributed by atoms with Gasteiger partial charge in [0.1, 0.15) is 6.17 Å². The lowest BCUT2D eigenvalue weighted by atomic mass is 10.0. The van der Waals surface area contributed by atoms with E-state index < -0.39 is 23.8 Å². The van der Waals surface area contributed by atoms with Crippen LogP contribution < -0.4 is 10.6 Å². The molecule has 3 atom stereocenters. The van der Waals surface area contributed by atoms with Gasteiger partial charge in [0.2, 0.25) is 5.91 Å². The van der Waals surface area contributed by atoms with Gasteiger partial charge in [-0.25, -0.2) is 13.8 Å². The Morgan fingerprint density at radius 2 is 2.21 bits per heavy atom. The first-order valence-corrected chi connectivity index (χ1v) is 11.1. The van der Waals surface area contributed by atoms with Crippen molar-refractivity contribution in [1.29, 1.82) is 0 Å². The van der Waals surface area contributed by atoms with Crippen LogP contribution in [0.25, 0.3) is 27.8 Å². The molecule has 12 heteroatoms. The fraction of sp³-hybridized carbons (Fsp3) is 0.364. The first-order valence-electron chi connectivity index (χ1n) is 10.8. The number of hydrogen-bond donors (Lipinski definition) is 3. The van der Waals surface area contributed by atoms with E-state index in [9.17, 15) is 9.18 Å². The number of carbonyl (C=O) groups is 1. The monoisotopic (exact) mass is 489 g/mol. The van der Waals surface area contributed by atoms with Crippen molar-refractivity contribution in [2.75, 3.05) is 24.4 Å². The van der Waals surface area contributed by atoms with E-state index in [0.29, 0.717) is 40.8 Å². The summed E-state index contributed by atoms with van der Waals surface area (Å²) in [6, 6.07) is -0.0692. The summed E-state index contributed by atoms with van der Waals surface area (Å²) in [5.41, 5.74) is 1.91. The summed E-state index contributed by atoms with van der Waals surface area (Å²) in [6.07, 6.45) is 6.07. The van der Waals surface area contributed by atoms with Gasteiger partial charge in [0.05, 0.1) is 46.4 Å². The number of aromatic amines is 1. The van der Waals surface area contributed by atoms with Crippen LogP contribution in [-0.4, -0.2) is 56.4 Å². The van der Waals surface area contributed by atoms with Gasteiger partial charge in [-0.3, -0.25) is 14.9 Å². The van der Waals surface area contributed by atoms with Crippen LogP contribution in [-0.2, 0) is 9.53 Å². The highest BCUT2D eigenvalue weighted by Gasteiger charge is 2.43. The molecular formula is C22H22ClF2N7O2. The zero-order valence-electron chi connectivity index (χ0n) is 18.4. The van der Waals surface area contributed by atoms with E-state index >= 15 is 4.39 Å². The summed E-state index contributed by atoms with van der Waals surface area (Å²) in [6.45, 7) is 2.45. The van der Waals surface area contributed by atoms with Gasteiger partial charge in [-0.2, -0.15) is 5.10 Å². The predicted molar refractivity (Wildman–Crippen MR) is 124 cm³/mol. The van der Waals surface area contributed by atoms with Crippen molar-refractivity contribution in [3.05, 3.63) is 35.6 Å². The van der Waals surface area contributed by atoms with Crippen molar-refractivity contribution in [2.24, 2.45) is 5.92 Å². The summed E-state index contributed by atoms with van der Waals surface area (Å²) in [7, 11) is 1.61. The van der Waals surface area contributed by atoms with Gasteiger partial charge in [0.15, 0.2) is 17.3 Å². The van der Waals surface area contributed by atoms with Gasteiger partial charge >= 0.3 is 0 Å². The summed E-state index contributed by atoms with van der Waals surface area (Å²) < 4.78 is 35.3. The molecule has 1 aliphatic rings. The van der Waals surface area contributed by atoms with Crippen LogP contribution in [0, 0.1) is 11.7 Å². The van der Waals surface area contributed by atoms with E-state index in [4.69, 9.17) is 16.3 Å². The van der Waals surface area contributed by atoms with Crippen molar-refractivity contribution < 1.29 is 18.3 Å². The molecule has 3 aromatic heterocycles. The molecule has 1 aliphatic carbocycles. The smallest absolute Gasteiger partial charge is 0.231 e. The Balaban J connectivity index is 1.50. The van der Waals surface area contributed by atoms with Crippen molar-refractivity contribution in [3.8, 4) is 11.3 Å². The minimum Gasteiger partial charge on any atom is -0.385 e. The molecule has 3 heterocycles. The number of benzene rings is 1. The molecule has 34 heavy (non-hydrogen) atoms. The van der Waals surface area contributed by atoms with Crippen molar-refractivity contribution in [1.82, 2.24) is 24.6 Å². The maximum atomic E-state index is 15.4. The number of amides is 1. The second kappa shape index (κ2) is 8.80.